The molecule has 3 amide bonds. The van der Waals surface area contributed by atoms with Gasteiger partial charge in [0.2, 0.25) is 0 Å². The highest BCUT2D eigenvalue weighted by atomic mass is 16.2. The number of fused-ring (bicyclic) bond motifs is 1. The number of carbonyl (C=O) groups is 2. The molecule has 0 unspecified atom stereocenters. The predicted octanol–water partition coefficient (Wildman–Crippen LogP) is 4.92. The van der Waals surface area contributed by atoms with Crippen molar-refractivity contribution in [1.82, 2.24) is 5.32 Å². The molecule has 31 heavy (non-hydrogen) atoms. The molecule has 5 rings (SSSR count). The number of amides is 3. The largest absolute Gasteiger partial charge is 0.339 e. The Morgan fingerprint density at radius 3 is 2.29 bits per heavy atom. The second-order valence-corrected chi connectivity index (χ2v) is 7.95. The zero-order chi connectivity index (χ0) is 21.2. The summed E-state index contributed by atoms with van der Waals surface area (Å²) in [5.74, 6) is -0.186. The molecule has 1 aliphatic carbocycles. The number of para-hydroxylation sites is 3. The SMILES string of the molecule is O=C(Nc1ccc(C(=O)Nc2ccccc2N2CCc3ccccc32)cc1)NC1CC1. The molecular formula is C25H24N4O2. The monoisotopic (exact) mass is 412 g/mol. The van der Waals surface area contributed by atoms with Gasteiger partial charge in [-0.05, 0) is 67.3 Å². The minimum Gasteiger partial charge on any atom is -0.339 e. The average molecular weight is 412 g/mol. The summed E-state index contributed by atoms with van der Waals surface area (Å²) in [5.41, 5.74) is 5.45. The van der Waals surface area contributed by atoms with Gasteiger partial charge < -0.3 is 20.9 Å². The van der Waals surface area contributed by atoms with Gasteiger partial charge in [-0.2, -0.15) is 0 Å². The maximum Gasteiger partial charge on any atom is 0.319 e. The third-order valence-electron chi connectivity index (χ3n) is 5.65. The summed E-state index contributed by atoms with van der Waals surface area (Å²) in [6.07, 6.45) is 3.06. The minimum atomic E-state index is -0.209. The molecule has 1 saturated carbocycles. The lowest BCUT2D eigenvalue weighted by molar-refractivity contribution is 0.102. The molecule has 0 spiro atoms. The normalized spacial score (nSPS) is 14.6. The first-order valence-electron chi connectivity index (χ1n) is 10.6. The van der Waals surface area contributed by atoms with Crippen LogP contribution in [0, 0.1) is 0 Å². The third-order valence-corrected chi connectivity index (χ3v) is 5.65. The molecule has 1 aliphatic heterocycles. The fraction of sp³-hybridized carbons (Fsp3) is 0.200. The maximum absolute atomic E-state index is 12.9. The second-order valence-electron chi connectivity index (χ2n) is 7.95. The zero-order valence-corrected chi connectivity index (χ0v) is 17.1. The number of benzene rings is 3. The smallest absolute Gasteiger partial charge is 0.319 e. The first-order chi connectivity index (χ1) is 15.2. The maximum atomic E-state index is 12.9. The number of carbonyl (C=O) groups excluding carboxylic acids is 2. The fourth-order valence-corrected chi connectivity index (χ4v) is 3.88. The molecule has 6 heteroatoms. The third kappa shape index (κ3) is 4.23. The Hall–Kier alpha value is -3.80. The van der Waals surface area contributed by atoms with E-state index in [1.807, 2.05) is 30.3 Å². The van der Waals surface area contributed by atoms with Gasteiger partial charge in [-0.25, -0.2) is 4.79 Å². The van der Waals surface area contributed by atoms with E-state index in [-0.39, 0.29) is 11.9 Å². The minimum absolute atomic E-state index is 0.186. The number of nitrogens with zero attached hydrogens (tertiary/aromatic N) is 1. The highest BCUT2D eigenvalue weighted by Crippen LogP contribution is 2.38. The van der Waals surface area contributed by atoms with Gasteiger partial charge in [0.05, 0.1) is 11.4 Å². The van der Waals surface area contributed by atoms with Crippen LogP contribution in [0.3, 0.4) is 0 Å². The first kappa shape index (κ1) is 19.2. The van der Waals surface area contributed by atoms with E-state index in [2.05, 4.69) is 39.0 Å². The van der Waals surface area contributed by atoms with Crippen LogP contribution in [-0.4, -0.2) is 24.5 Å². The van der Waals surface area contributed by atoms with E-state index in [9.17, 15) is 9.59 Å². The molecule has 0 aromatic heterocycles. The van der Waals surface area contributed by atoms with Crippen LogP contribution in [0.15, 0.2) is 72.8 Å². The molecule has 0 atom stereocenters. The van der Waals surface area contributed by atoms with Gasteiger partial charge in [0.25, 0.3) is 5.91 Å². The van der Waals surface area contributed by atoms with Gasteiger partial charge in [0.1, 0.15) is 0 Å². The van der Waals surface area contributed by atoms with Crippen LogP contribution in [0.25, 0.3) is 0 Å². The Labute approximate surface area is 181 Å². The van der Waals surface area contributed by atoms with E-state index >= 15 is 0 Å². The standard InChI is InChI=1S/C25H24N4O2/c30-24(18-9-11-19(12-10-18)26-25(31)27-20-13-14-20)28-21-6-2-4-8-23(21)29-16-15-17-5-1-3-7-22(17)29/h1-12,20H,13-16H2,(H,28,30)(H2,26,27,31). The van der Waals surface area contributed by atoms with Crippen molar-refractivity contribution in [3.63, 3.8) is 0 Å². The Morgan fingerprint density at radius 1 is 0.806 bits per heavy atom. The van der Waals surface area contributed by atoms with Crippen molar-refractivity contribution in [2.24, 2.45) is 0 Å². The van der Waals surface area contributed by atoms with Gasteiger partial charge >= 0.3 is 6.03 Å². The van der Waals surface area contributed by atoms with Crippen molar-refractivity contribution in [2.45, 2.75) is 25.3 Å². The summed E-state index contributed by atoms with van der Waals surface area (Å²) in [4.78, 5) is 27.0. The van der Waals surface area contributed by atoms with E-state index in [4.69, 9.17) is 0 Å². The van der Waals surface area contributed by atoms with E-state index in [0.717, 1.165) is 37.2 Å². The summed E-state index contributed by atoms with van der Waals surface area (Å²) in [6, 6.07) is 23.2. The number of anilines is 4. The fourth-order valence-electron chi connectivity index (χ4n) is 3.88. The van der Waals surface area contributed by atoms with E-state index in [0.29, 0.717) is 17.3 Å². The summed E-state index contributed by atoms with van der Waals surface area (Å²) in [5, 5.41) is 8.72. The van der Waals surface area contributed by atoms with E-state index in [1.54, 1.807) is 24.3 Å². The van der Waals surface area contributed by atoms with Crippen LogP contribution in [0.4, 0.5) is 27.5 Å². The zero-order valence-electron chi connectivity index (χ0n) is 17.1. The van der Waals surface area contributed by atoms with Crippen molar-refractivity contribution >= 4 is 34.7 Å². The Balaban J connectivity index is 1.29. The highest BCUT2D eigenvalue weighted by Gasteiger charge is 2.24. The number of rotatable bonds is 5. The number of hydrogen-bond donors (Lipinski definition) is 3. The molecule has 0 bridgehead atoms. The lowest BCUT2D eigenvalue weighted by Gasteiger charge is -2.23. The second kappa shape index (κ2) is 8.14. The molecule has 1 heterocycles. The van der Waals surface area contributed by atoms with Gasteiger partial charge in [-0.1, -0.05) is 30.3 Å². The molecule has 2 aliphatic rings. The highest BCUT2D eigenvalue weighted by molar-refractivity contribution is 6.06. The molecule has 3 aromatic carbocycles. The van der Waals surface area contributed by atoms with Crippen LogP contribution < -0.4 is 20.9 Å². The van der Waals surface area contributed by atoms with Crippen molar-refractivity contribution in [1.29, 1.82) is 0 Å². The number of urea groups is 1. The van der Waals surface area contributed by atoms with E-state index < -0.39 is 0 Å². The summed E-state index contributed by atoms with van der Waals surface area (Å²) in [6.45, 7) is 0.884. The molecule has 0 radical (unpaired) electrons. The van der Waals surface area contributed by atoms with Gasteiger partial charge in [-0.3, -0.25) is 4.79 Å². The molecule has 3 aromatic rings. The van der Waals surface area contributed by atoms with Crippen molar-refractivity contribution in [3.05, 3.63) is 83.9 Å². The Bertz CT molecular complexity index is 1120. The molecule has 0 saturated heterocycles. The quantitative estimate of drug-likeness (QED) is 0.557. The van der Waals surface area contributed by atoms with Gasteiger partial charge in [-0.15, -0.1) is 0 Å². The lowest BCUT2D eigenvalue weighted by atomic mass is 10.1. The Kier molecular flexibility index (Phi) is 5.04. The summed E-state index contributed by atoms with van der Waals surface area (Å²) in [7, 11) is 0. The molecule has 3 N–H and O–H groups in total. The topological polar surface area (TPSA) is 73.5 Å². The van der Waals surface area contributed by atoms with Crippen LogP contribution in [0.2, 0.25) is 0 Å². The molecule has 6 nitrogen and oxygen atoms in total. The average Bonchev–Trinajstić information content (AvgIpc) is 3.49. The van der Waals surface area contributed by atoms with Crippen molar-refractivity contribution < 1.29 is 9.59 Å². The summed E-state index contributed by atoms with van der Waals surface area (Å²) < 4.78 is 0. The molecule has 156 valence electrons. The van der Waals surface area contributed by atoms with Crippen LogP contribution in [-0.2, 0) is 6.42 Å². The van der Waals surface area contributed by atoms with Crippen LogP contribution in [0.1, 0.15) is 28.8 Å². The van der Waals surface area contributed by atoms with Crippen molar-refractivity contribution in [2.75, 3.05) is 22.1 Å². The molecule has 1 fully saturated rings. The summed E-state index contributed by atoms with van der Waals surface area (Å²) >= 11 is 0. The number of nitrogens with one attached hydrogen (secondary N) is 3. The van der Waals surface area contributed by atoms with Gasteiger partial charge in [0.15, 0.2) is 0 Å². The first-order valence-corrected chi connectivity index (χ1v) is 10.6. The van der Waals surface area contributed by atoms with Crippen molar-refractivity contribution in [3.8, 4) is 0 Å². The van der Waals surface area contributed by atoms with E-state index in [1.165, 1.54) is 11.3 Å². The predicted molar refractivity (Wildman–Crippen MR) is 123 cm³/mol. The lowest BCUT2D eigenvalue weighted by Crippen LogP contribution is -2.30. The van der Waals surface area contributed by atoms with Crippen LogP contribution >= 0.6 is 0 Å². The van der Waals surface area contributed by atoms with Gasteiger partial charge in [0, 0.05) is 29.5 Å². The molecular weight excluding hydrogens is 388 g/mol. The Morgan fingerprint density at radius 2 is 1.52 bits per heavy atom. The van der Waals surface area contributed by atoms with Crippen LogP contribution in [0.5, 0.6) is 0 Å². The number of hydrogen-bond acceptors (Lipinski definition) is 3.